The highest BCUT2D eigenvalue weighted by molar-refractivity contribution is 5.78. The summed E-state index contributed by atoms with van der Waals surface area (Å²) in [6.07, 6.45) is -2.51. The van der Waals surface area contributed by atoms with Crippen molar-refractivity contribution >= 4 is 16.9 Å². The van der Waals surface area contributed by atoms with Crippen LogP contribution in [0.5, 0.6) is 0 Å². The molecule has 0 N–H and O–H groups in total. The predicted molar refractivity (Wildman–Crippen MR) is 120 cm³/mol. The van der Waals surface area contributed by atoms with Crippen LogP contribution in [0.2, 0.25) is 0 Å². The molecule has 10 heteroatoms. The third-order valence-corrected chi connectivity index (χ3v) is 6.67. The van der Waals surface area contributed by atoms with Crippen molar-refractivity contribution in [2.45, 2.75) is 44.9 Å². The van der Waals surface area contributed by atoms with E-state index in [4.69, 9.17) is 4.74 Å². The average Bonchev–Trinajstić information content (AvgIpc) is 2.84. The van der Waals surface area contributed by atoms with Gasteiger partial charge in [-0.3, -0.25) is 18.7 Å². The minimum atomic E-state index is -4.88. The second kappa shape index (κ2) is 9.67. The Kier molecular flexibility index (Phi) is 6.82. The van der Waals surface area contributed by atoms with Gasteiger partial charge in [0, 0.05) is 12.1 Å². The Balaban J connectivity index is 1.73. The standard InChI is InChI=1S/C25H24F4N2O4/c1-35-23(33)16-11-9-15(10-12-16)13-31-22(32)18-6-2-3-8-20(18)30(24(31)34)14-17-5-4-7-19(21(17)26)25(27,28)29/h2-8,15-16H,9-14H2,1H3/t15-,16-. The molecule has 6 nitrogen and oxygen atoms in total. The van der Waals surface area contributed by atoms with E-state index in [1.807, 2.05) is 0 Å². The molecule has 0 spiro atoms. The third kappa shape index (κ3) is 4.87. The number of hydrogen-bond acceptors (Lipinski definition) is 4. The number of para-hydroxylation sites is 1. The SMILES string of the molecule is COC(=O)[C@H]1CC[C@H](Cn2c(=O)c3ccccc3n(Cc3cccc(C(F)(F)F)c3F)c2=O)CC1. The molecule has 0 atom stereocenters. The summed E-state index contributed by atoms with van der Waals surface area (Å²) in [4.78, 5) is 38.3. The van der Waals surface area contributed by atoms with Crippen LogP contribution in [0.15, 0.2) is 52.1 Å². The molecular formula is C25H24F4N2O4. The Morgan fingerprint density at radius 3 is 2.34 bits per heavy atom. The van der Waals surface area contributed by atoms with Gasteiger partial charge in [-0.25, -0.2) is 9.18 Å². The van der Waals surface area contributed by atoms with E-state index in [0.29, 0.717) is 31.7 Å². The Bertz CT molecular complexity index is 1370. The molecule has 0 aliphatic heterocycles. The van der Waals surface area contributed by atoms with Gasteiger partial charge in [-0.15, -0.1) is 0 Å². The molecule has 0 radical (unpaired) electrons. The minimum absolute atomic E-state index is 0.0405. The first kappa shape index (κ1) is 24.7. The number of halogens is 4. The first-order valence-electron chi connectivity index (χ1n) is 11.3. The van der Waals surface area contributed by atoms with Gasteiger partial charge < -0.3 is 4.74 Å². The van der Waals surface area contributed by atoms with Crippen molar-refractivity contribution in [3.63, 3.8) is 0 Å². The summed E-state index contributed by atoms with van der Waals surface area (Å²) >= 11 is 0. The van der Waals surface area contributed by atoms with Crippen molar-refractivity contribution < 1.29 is 27.1 Å². The van der Waals surface area contributed by atoms with Gasteiger partial charge >= 0.3 is 17.8 Å². The molecule has 0 amide bonds. The zero-order valence-corrected chi connectivity index (χ0v) is 19.0. The van der Waals surface area contributed by atoms with Crippen LogP contribution in [0.25, 0.3) is 10.9 Å². The lowest BCUT2D eigenvalue weighted by molar-refractivity contribution is -0.147. The summed E-state index contributed by atoms with van der Waals surface area (Å²) in [5.74, 6) is -1.99. The molecule has 186 valence electrons. The maximum atomic E-state index is 14.7. The molecule has 1 saturated carbocycles. The number of carbonyl (C=O) groups is 1. The molecule has 1 aliphatic carbocycles. The first-order chi connectivity index (χ1) is 16.6. The van der Waals surface area contributed by atoms with Gasteiger partial charge in [0.25, 0.3) is 5.56 Å². The Labute approximate surface area is 197 Å². The number of fused-ring (bicyclic) bond motifs is 1. The number of nitrogens with zero attached hydrogens (tertiary/aromatic N) is 2. The molecule has 0 unspecified atom stereocenters. The maximum Gasteiger partial charge on any atom is 0.419 e. The fourth-order valence-electron chi connectivity index (χ4n) is 4.78. The molecule has 3 aromatic rings. The monoisotopic (exact) mass is 492 g/mol. The number of benzene rings is 2. The van der Waals surface area contributed by atoms with Crippen molar-refractivity contribution in [3.05, 3.63) is 80.2 Å². The van der Waals surface area contributed by atoms with E-state index in [9.17, 15) is 31.9 Å². The molecule has 4 rings (SSSR count). The quantitative estimate of drug-likeness (QED) is 0.392. The van der Waals surface area contributed by atoms with Crippen molar-refractivity contribution in [1.29, 1.82) is 0 Å². The molecular weight excluding hydrogens is 468 g/mol. The lowest BCUT2D eigenvalue weighted by Crippen LogP contribution is -2.42. The molecule has 0 bridgehead atoms. The van der Waals surface area contributed by atoms with Gasteiger partial charge in [-0.1, -0.05) is 24.3 Å². The Hall–Kier alpha value is -3.43. The smallest absolute Gasteiger partial charge is 0.419 e. The second-order valence-corrected chi connectivity index (χ2v) is 8.82. The molecule has 35 heavy (non-hydrogen) atoms. The maximum absolute atomic E-state index is 14.7. The van der Waals surface area contributed by atoms with Gasteiger partial charge in [0.05, 0.1) is 36.0 Å². The van der Waals surface area contributed by atoms with E-state index in [-0.39, 0.29) is 40.8 Å². The summed E-state index contributed by atoms with van der Waals surface area (Å²) < 4.78 is 61.3. The molecule has 0 saturated heterocycles. The number of aromatic nitrogens is 2. The Morgan fingerprint density at radius 2 is 1.69 bits per heavy atom. The van der Waals surface area contributed by atoms with E-state index >= 15 is 0 Å². The highest BCUT2D eigenvalue weighted by atomic mass is 19.4. The molecule has 1 aromatic heterocycles. The van der Waals surface area contributed by atoms with Crippen LogP contribution in [-0.4, -0.2) is 22.2 Å². The second-order valence-electron chi connectivity index (χ2n) is 8.82. The van der Waals surface area contributed by atoms with Crippen LogP contribution in [0.1, 0.15) is 36.8 Å². The lowest BCUT2D eigenvalue weighted by atomic mass is 9.82. The summed E-state index contributed by atoms with van der Waals surface area (Å²) in [6.45, 7) is -0.369. The minimum Gasteiger partial charge on any atom is -0.469 e. The van der Waals surface area contributed by atoms with E-state index in [0.717, 1.165) is 15.2 Å². The number of hydrogen-bond donors (Lipinski definition) is 0. The predicted octanol–water partition coefficient (Wildman–Crippen LogP) is 4.35. The van der Waals surface area contributed by atoms with Gasteiger partial charge in [0.15, 0.2) is 0 Å². The summed E-state index contributed by atoms with van der Waals surface area (Å²) in [7, 11) is 1.33. The van der Waals surface area contributed by atoms with Crippen molar-refractivity contribution in [3.8, 4) is 0 Å². The van der Waals surface area contributed by atoms with Crippen molar-refractivity contribution in [1.82, 2.24) is 9.13 Å². The molecule has 1 aliphatic rings. The lowest BCUT2D eigenvalue weighted by Gasteiger charge is -2.27. The Morgan fingerprint density at radius 1 is 1.00 bits per heavy atom. The third-order valence-electron chi connectivity index (χ3n) is 6.67. The van der Waals surface area contributed by atoms with Crippen molar-refractivity contribution in [2.75, 3.05) is 7.11 Å². The number of alkyl halides is 3. The van der Waals surface area contributed by atoms with E-state index in [1.54, 1.807) is 12.1 Å². The number of methoxy groups -OCH3 is 1. The highest BCUT2D eigenvalue weighted by Crippen LogP contribution is 2.33. The first-order valence-corrected chi connectivity index (χ1v) is 11.3. The molecule has 1 fully saturated rings. The number of carbonyl (C=O) groups excluding carboxylic acids is 1. The summed E-state index contributed by atoms with van der Waals surface area (Å²) in [5.41, 5.74) is -2.74. The van der Waals surface area contributed by atoms with E-state index in [1.165, 1.54) is 25.3 Å². The highest BCUT2D eigenvalue weighted by Gasteiger charge is 2.35. The van der Waals surface area contributed by atoms with Crippen LogP contribution in [-0.2, 0) is 28.8 Å². The van der Waals surface area contributed by atoms with Gasteiger partial charge in [-0.05, 0) is 49.8 Å². The largest absolute Gasteiger partial charge is 0.469 e. The number of ether oxygens (including phenoxy) is 1. The fourth-order valence-corrected chi connectivity index (χ4v) is 4.78. The van der Waals surface area contributed by atoms with Gasteiger partial charge in [0.2, 0.25) is 0 Å². The van der Waals surface area contributed by atoms with Gasteiger partial charge in [0.1, 0.15) is 5.82 Å². The van der Waals surface area contributed by atoms with Crippen molar-refractivity contribution in [2.24, 2.45) is 11.8 Å². The van der Waals surface area contributed by atoms with Crippen LogP contribution < -0.4 is 11.2 Å². The van der Waals surface area contributed by atoms with Crippen LogP contribution in [0.4, 0.5) is 17.6 Å². The van der Waals surface area contributed by atoms with Gasteiger partial charge in [-0.2, -0.15) is 13.2 Å². The van der Waals surface area contributed by atoms with Crippen LogP contribution >= 0.6 is 0 Å². The topological polar surface area (TPSA) is 70.3 Å². The number of rotatable bonds is 5. The fraction of sp³-hybridized carbons (Fsp3) is 0.400. The summed E-state index contributed by atoms with van der Waals surface area (Å²) in [5, 5.41) is 0.211. The summed E-state index contributed by atoms with van der Waals surface area (Å²) in [6, 6.07) is 9.18. The molecule has 1 heterocycles. The van der Waals surface area contributed by atoms with Crippen LogP contribution in [0.3, 0.4) is 0 Å². The zero-order chi connectivity index (χ0) is 25.3. The average molecular weight is 492 g/mol. The number of esters is 1. The van der Waals surface area contributed by atoms with Crippen LogP contribution in [0, 0.1) is 17.7 Å². The van der Waals surface area contributed by atoms with E-state index < -0.39 is 35.4 Å². The zero-order valence-electron chi connectivity index (χ0n) is 19.0. The van der Waals surface area contributed by atoms with E-state index in [2.05, 4.69) is 0 Å². The molecule has 2 aromatic carbocycles. The normalized spacial score (nSPS) is 18.5.